The Morgan fingerprint density at radius 3 is 2.37 bits per heavy atom. The van der Waals surface area contributed by atoms with Gasteiger partial charge in [0.2, 0.25) is 0 Å². The molecule has 0 spiro atoms. The number of para-hydroxylation sites is 2. The Balaban J connectivity index is 0.000000667. The topological polar surface area (TPSA) is 54.7 Å². The highest BCUT2D eigenvalue weighted by Crippen LogP contribution is 2.19. The molecule has 3 aromatic rings. The van der Waals surface area contributed by atoms with E-state index in [1.165, 1.54) is 0 Å². The molecule has 4 nitrogen and oxygen atoms in total. The normalized spacial score (nSPS) is 9.32. The Morgan fingerprint density at radius 1 is 1.11 bits per heavy atom. The molecule has 19 heavy (non-hydrogen) atoms. The first-order chi connectivity index (χ1) is 9.33. The van der Waals surface area contributed by atoms with Crippen molar-refractivity contribution in [1.29, 1.82) is 0 Å². The molecule has 0 unspecified atom stereocenters. The van der Waals surface area contributed by atoms with Crippen LogP contribution in [0.1, 0.15) is 34.9 Å². The summed E-state index contributed by atoms with van der Waals surface area (Å²) in [6.07, 6.45) is 0. The highest BCUT2D eigenvalue weighted by molar-refractivity contribution is 5.78. The molecular formula is C15H23N3O. The first-order valence-corrected chi connectivity index (χ1v) is 6.71. The van der Waals surface area contributed by atoms with Crippen LogP contribution >= 0.6 is 0 Å². The molecule has 0 saturated carbocycles. The number of aryl methyl sites for hydroxylation is 1. The number of nitrogens with zero attached hydrogens (tertiary/aromatic N) is 2. The highest BCUT2D eigenvalue weighted by atomic mass is 16.5. The molecule has 0 aliphatic rings. The van der Waals surface area contributed by atoms with E-state index >= 15 is 0 Å². The van der Waals surface area contributed by atoms with Crippen LogP contribution in [0.15, 0.2) is 34.9 Å². The minimum atomic E-state index is 0. The lowest BCUT2D eigenvalue weighted by molar-refractivity contribution is 0.399. The largest absolute Gasteiger partial charge is 0.361 e. The molecule has 0 bridgehead atoms. The van der Waals surface area contributed by atoms with E-state index in [4.69, 9.17) is 4.52 Å². The Kier molecular flexibility index (Phi) is 5.79. The zero-order valence-electron chi connectivity index (χ0n) is 12.2. The summed E-state index contributed by atoms with van der Waals surface area (Å²) in [4.78, 5) is 7.61. The smallest absolute Gasteiger partial charge is 0.160 e. The Labute approximate surface area is 115 Å². The Hall–Kier alpha value is -2.10. The van der Waals surface area contributed by atoms with Crippen LogP contribution in [0.5, 0.6) is 0 Å². The second-order valence-electron chi connectivity index (χ2n) is 3.43. The van der Waals surface area contributed by atoms with Gasteiger partial charge in [-0.25, -0.2) is 4.98 Å². The molecule has 2 heterocycles. The van der Waals surface area contributed by atoms with Gasteiger partial charge in [0, 0.05) is 7.49 Å². The van der Waals surface area contributed by atoms with Crippen LogP contribution in [0.4, 0.5) is 0 Å². The van der Waals surface area contributed by atoms with Gasteiger partial charge < -0.3 is 9.51 Å². The molecule has 1 aromatic carbocycles. The van der Waals surface area contributed by atoms with Crippen molar-refractivity contribution in [2.24, 2.45) is 0 Å². The second-order valence-corrected chi connectivity index (χ2v) is 3.43. The summed E-state index contributed by atoms with van der Waals surface area (Å²) in [5.74, 6) is 1.53. The fourth-order valence-corrected chi connectivity index (χ4v) is 1.55. The lowest BCUT2D eigenvalue weighted by atomic mass is 10.3. The first-order valence-electron chi connectivity index (χ1n) is 6.71. The molecule has 0 fully saturated rings. The molecule has 0 aliphatic heterocycles. The predicted molar refractivity (Wildman–Crippen MR) is 81.1 cm³/mol. The third-order valence-corrected chi connectivity index (χ3v) is 2.26. The fraction of sp³-hybridized carbons (Fsp3) is 0.333. The molecular weight excluding hydrogens is 238 g/mol. The number of imidazole rings is 1. The van der Waals surface area contributed by atoms with Crippen molar-refractivity contribution in [1.82, 2.24) is 15.1 Å². The van der Waals surface area contributed by atoms with E-state index in [1.807, 2.05) is 65.0 Å². The molecule has 1 N–H and O–H groups in total. The Bertz CT molecular complexity index is 583. The van der Waals surface area contributed by atoms with Gasteiger partial charge in [-0.05, 0) is 19.1 Å². The van der Waals surface area contributed by atoms with Crippen molar-refractivity contribution in [3.63, 3.8) is 0 Å². The van der Waals surface area contributed by atoms with E-state index in [1.54, 1.807) is 0 Å². The third-order valence-electron chi connectivity index (χ3n) is 2.26. The van der Waals surface area contributed by atoms with Crippen LogP contribution in [0.2, 0.25) is 0 Å². The average molecular weight is 261 g/mol. The van der Waals surface area contributed by atoms with Crippen molar-refractivity contribution in [3.8, 4) is 11.5 Å². The monoisotopic (exact) mass is 261 g/mol. The van der Waals surface area contributed by atoms with Crippen molar-refractivity contribution >= 4 is 11.0 Å². The molecule has 2 aromatic heterocycles. The number of nitrogens with one attached hydrogen (secondary N) is 1. The fourth-order valence-electron chi connectivity index (χ4n) is 1.55. The molecule has 3 rings (SSSR count). The lowest BCUT2D eigenvalue weighted by Crippen LogP contribution is -1.77. The third kappa shape index (κ3) is 3.44. The van der Waals surface area contributed by atoms with Crippen molar-refractivity contribution in [3.05, 3.63) is 36.1 Å². The number of hydrogen-bond donors (Lipinski definition) is 1. The quantitative estimate of drug-likeness (QED) is 0.683. The van der Waals surface area contributed by atoms with Crippen molar-refractivity contribution in [2.45, 2.75) is 34.6 Å². The maximum absolute atomic E-state index is 5.00. The van der Waals surface area contributed by atoms with Gasteiger partial charge in [-0.2, -0.15) is 0 Å². The van der Waals surface area contributed by atoms with Crippen LogP contribution in [0.3, 0.4) is 0 Å². The van der Waals surface area contributed by atoms with Crippen molar-refractivity contribution in [2.75, 3.05) is 0 Å². The number of benzene rings is 1. The van der Waals surface area contributed by atoms with Gasteiger partial charge in [-0.1, -0.05) is 45.0 Å². The summed E-state index contributed by atoms with van der Waals surface area (Å²) in [5, 5.41) is 3.91. The number of fused-ring (bicyclic) bond motifs is 1. The summed E-state index contributed by atoms with van der Waals surface area (Å²) in [6.45, 7) is 9.86. The minimum absolute atomic E-state index is 0. The summed E-state index contributed by atoms with van der Waals surface area (Å²) in [7, 11) is 0. The number of rotatable bonds is 1. The molecule has 0 amide bonds. The van der Waals surface area contributed by atoms with E-state index in [2.05, 4.69) is 15.1 Å². The standard InChI is InChI=1S/C11H9N3O.2C2H6.H2/c1-7-6-10(14-15-7)11-12-8-4-2-3-5-9(8)13-11;2*1-2;/h2-6H,1H3,(H,12,13);2*1-2H3;1H. The van der Waals surface area contributed by atoms with Gasteiger partial charge >= 0.3 is 0 Å². The van der Waals surface area contributed by atoms with Gasteiger partial charge in [-0.15, -0.1) is 0 Å². The summed E-state index contributed by atoms with van der Waals surface area (Å²) >= 11 is 0. The summed E-state index contributed by atoms with van der Waals surface area (Å²) < 4.78 is 5.00. The summed E-state index contributed by atoms with van der Waals surface area (Å²) in [6, 6.07) is 9.73. The first kappa shape index (κ1) is 15.0. The minimum Gasteiger partial charge on any atom is -0.361 e. The predicted octanol–water partition coefficient (Wildman–Crippen LogP) is 4.82. The van der Waals surface area contributed by atoms with E-state index in [0.29, 0.717) is 0 Å². The summed E-state index contributed by atoms with van der Waals surface area (Å²) in [5.41, 5.74) is 2.69. The average Bonchev–Trinajstić information content (AvgIpc) is 3.09. The molecule has 4 heteroatoms. The lowest BCUT2D eigenvalue weighted by Gasteiger charge is -1.83. The molecule has 0 saturated heterocycles. The van der Waals surface area contributed by atoms with Crippen LogP contribution in [0, 0.1) is 6.92 Å². The zero-order chi connectivity index (χ0) is 14.3. The number of aromatic nitrogens is 3. The van der Waals surface area contributed by atoms with Gasteiger partial charge in [0.25, 0.3) is 0 Å². The van der Waals surface area contributed by atoms with Gasteiger partial charge in [0.1, 0.15) is 11.5 Å². The molecule has 0 aliphatic carbocycles. The van der Waals surface area contributed by atoms with Gasteiger partial charge in [0.05, 0.1) is 11.0 Å². The van der Waals surface area contributed by atoms with Gasteiger partial charge in [0.15, 0.2) is 5.82 Å². The SMILES string of the molecule is CC.CC.Cc1cc(-c2nc3ccccc3[nH]2)no1.[HH]. The van der Waals surface area contributed by atoms with Crippen LogP contribution in [0.25, 0.3) is 22.6 Å². The van der Waals surface area contributed by atoms with E-state index in [0.717, 1.165) is 28.3 Å². The number of hydrogen-bond acceptors (Lipinski definition) is 3. The molecule has 0 radical (unpaired) electrons. The Morgan fingerprint density at radius 2 is 1.79 bits per heavy atom. The maximum Gasteiger partial charge on any atom is 0.160 e. The maximum atomic E-state index is 5.00. The highest BCUT2D eigenvalue weighted by Gasteiger charge is 2.08. The molecule has 104 valence electrons. The second kappa shape index (κ2) is 7.36. The molecule has 0 atom stereocenters. The van der Waals surface area contributed by atoms with Crippen LogP contribution in [-0.4, -0.2) is 15.1 Å². The van der Waals surface area contributed by atoms with Crippen LogP contribution in [-0.2, 0) is 0 Å². The van der Waals surface area contributed by atoms with Crippen LogP contribution < -0.4 is 0 Å². The van der Waals surface area contributed by atoms with E-state index in [9.17, 15) is 0 Å². The zero-order valence-corrected chi connectivity index (χ0v) is 12.2. The van der Waals surface area contributed by atoms with Crippen molar-refractivity contribution < 1.29 is 5.95 Å². The number of H-pyrrole nitrogens is 1. The van der Waals surface area contributed by atoms with E-state index in [-0.39, 0.29) is 1.43 Å². The van der Waals surface area contributed by atoms with Gasteiger partial charge in [-0.3, -0.25) is 0 Å². The van der Waals surface area contributed by atoms with E-state index < -0.39 is 0 Å². The number of aromatic amines is 1.